The Bertz CT molecular complexity index is 280. The highest BCUT2D eigenvalue weighted by Crippen LogP contribution is 2.22. The monoisotopic (exact) mass is 259 g/mol. The molecule has 0 radical (unpaired) electrons. The first kappa shape index (κ1) is 11.0. The third kappa shape index (κ3) is 3.63. The van der Waals surface area contributed by atoms with Gasteiger partial charge in [0.1, 0.15) is 0 Å². The highest BCUT2D eigenvalue weighted by atomic mass is 79.9. The van der Waals surface area contributed by atoms with Gasteiger partial charge in [0, 0.05) is 22.4 Å². The first-order chi connectivity index (χ1) is 6.24. The molecule has 0 saturated carbocycles. The lowest BCUT2D eigenvalue weighted by Crippen LogP contribution is -2.15. The average Bonchev–Trinajstić information content (AvgIpc) is 2.52. The molecule has 3 heteroatoms. The molecule has 72 valence electrons. The molecule has 0 bridgehead atoms. The summed E-state index contributed by atoms with van der Waals surface area (Å²) in [5.74, 6) is 0. The van der Waals surface area contributed by atoms with Crippen LogP contribution in [0.5, 0.6) is 0 Å². The van der Waals surface area contributed by atoms with Crippen molar-refractivity contribution in [3.63, 3.8) is 0 Å². The molecule has 0 saturated heterocycles. The molecule has 0 unspecified atom stereocenters. The molecule has 1 N–H and O–H groups in total. The fraction of sp³-hybridized carbons (Fsp3) is 0.400. The lowest BCUT2D eigenvalue weighted by atomic mass is 10.2. The molecule has 0 aliphatic heterocycles. The Balaban J connectivity index is 2.28. The molecule has 0 aliphatic carbocycles. The van der Waals surface area contributed by atoms with Crippen molar-refractivity contribution in [3.8, 4) is 0 Å². The van der Waals surface area contributed by atoms with E-state index in [1.54, 1.807) is 11.3 Å². The number of thiophene rings is 1. The van der Waals surface area contributed by atoms with E-state index in [2.05, 4.69) is 46.2 Å². The summed E-state index contributed by atoms with van der Waals surface area (Å²) in [7, 11) is 0. The van der Waals surface area contributed by atoms with Gasteiger partial charge in [0.25, 0.3) is 0 Å². The average molecular weight is 260 g/mol. The van der Waals surface area contributed by atoms with Gasteiger partial charge in [-0.1, -0.05) is 19.1 Å². The third-order valence-corrected chi connectivity index (χ3v) is 3.78. The second-order valence-corrected chi connectivity index (χ2v) is 4.75. The molecule has 1 nitrogen and oxygen atoms in total. The van der Waals surface area contributed by atoms with E-state index in [1.807, 2.05) is 0 Å². The van der Waals surface area contributed by atoms with E-state index < -0.39 is 0 Å². The number of halogens is 1. The normalized spacial score (nSPS) is 10.3. The fourth-order valence-corrected chi connectivity index (χ4v) is 2.39. The minimum Gasteiger partial charge on any atom is -0.308 e. The molecule has 1 rings (SSSR count). The lowest BCUT2D eigenvalue weighted by Gasteiger charge is -2.04. The zero-order valence-corrected chi connectivity index (χ0v) is 10.2. The molecule has 1 aromatic heterocycles. The Morgan fingerprint density at radius 1 is 1.69 bits per heavy atom. The van der Waals surface area contributed by atoms with Gasteiger partial charge < -0.3 is 5.32 Å². The standard InChI is InChI=1S/C10H14BrNS/c1-3-8(2)6-12-7-10-9(11)4-5-13-10/h4-5,12H,2-3,6-7H2,1H3. The molecular formula is C10H14BrNS. The molecule has 1 heterocycles. The van der Waals surface area contributed by atoms with Crippen LogP contribution in [0.2, 0.25) is 0 Å². The first-order valence-electron chi connectivity index (χ1n) is 4.33. The van der Waals surface area contributed by atoms with E-state index in [0.29, 0.717) is 0 Å². The van der Waals surface area contributed by atoms with E-state index in [-0.39, 0.29) is 0 Å². The highest BCUT2D eigenvalue weighted by Gasteiger charge is 1.99. The van der Waals surface area contributed by atoms with Crippen molar-refractivity contribution >= 4 is 27.3 Å². The van der Waals surface area contributed by atoms with Crippen molar-refractivity contribution < 1.29 is 0 Å². The van der Waals surface area contributed by atoms with Crippen LogP contribution >= 0.6 is 27.3 Å². The van der Waals surface area contributed by atoms with Crippen molar-refractivity contribution in [1.82, 2.24) is 5.32 Å². The van der Waals surface area contributed by atoms with Crippen molar-refractivity contribution in [2.24, 2.45) is 0 Å². The summed E-state index contributed by atoms with van der Waals surface area (Å²) in [6, 6.07) is 2.08. The van der Waals surface area contributed by atoms with Crippen LogP contribution in [0.25, 0.3) is 0 Å². The smallest absolute Gasteiger partial charge is 0.0327 e. The summed E-state index contributed by atoms with van der Waals surface area (Å²) in [5, 5.41) is 5.45. The van der Waals surface area contributed by atoms with Crippen LogP contribution < -0.4 is 5.32 Å². The maximum Gasteiger partial charge on any atom is 0.0327 e. The van der Waals surface area contributed by atoms with E-state index in [4.69, 9.17) is 0 Å². The summed E-state index contributed by atoms with van der Waals surface area (Å²) in [6.45, 7) is 7.92. The summed E-state index contributed by atoms with van der Waals surface area (Å²) in [4.78, 5) is 1.35. The van der Waals surface area contributed by atoms with Gasteiger partial charge in [-0.3, -0.25) is 0 Å². The van der Waals surface area contributed by atoms with Gasteiger partial charge in [-0.05, 0) is 33.8 Å². The molecule has 0 amide bonds. The summed E-state index contributed by atoms with van der Waals surface area (Å²) in [6.07, 6.45) is 1.05. The summed E-state index contributed by atoms with van der Waals surface area (Å²) >= 11 is 5.27. The maximum absolute atomic E-state index is 3.94. The topological polar surface area (TPSA) is 12.0 Å². The second kappa shape index (κ2) is 5.58. The predicted molar refractivity (Wildman–Crippen MR) is 63.2 cm³/mol. The Morgan fingerprint density at radius 3 is 3.00 bits per heavy atom. The number of hydrogen-bond acceptors (Lipinski definition) is 2. The summed E-state index contributed by atoms with van der Waals surface area (Å²) in [5.41, 5.74) is 1.26. The molecule has 0 spiro atoms. The molecule has 0 aromatic carbocycles. The van der Waals surface area contributed by atoms with Crippen LogP contribution in [0.15, 0.2) is 28.1 Å². The van der Waals surface area contributed by atoms with Crippen LogP contribution in [0.1, 0.15) is 18.2 Å². The SMILES string of the molecule is C=C(CC)CNCc1sccc1Br. The van der Waals surface area contributed by atoms with Gasteiger partial charge in [0.05, 0.1) is 0 Å². The molecule has 13 heavy (non-hydrogen) atoms. The van der Waals surface area contributed by atoms with Crippen LogP contribution in [-0.4, -0.2) is 6.54 Å². The van der Waals surface area contributed by atoms with Gasteiger partial charge in [0.15, 0.2) is 0 Å². The number of nitrogens with one attached hydrogen (secondary N) is 1. The Morgan fingerprint density at radius 2 is 2.46 bits per heavy atom. The fourth-order valence-electron chi connectivity index (χ4n) is 0.929. The van der Waals surface area contributed by atoms with E-state index in [1.165, 1.54) is 14.9 Å². The van der Waals surface area contributed by atoms with Gasteiger partial charge in [-0.15, -0.1) is 11.3 Å². The molecule has 1 aromatic rings. The third-order valence-electron chi connectivity index (χ3n) is 1.85. The Hall–Kier alpha value is -0.120. The van der Waals surface area contributed by atoms with Gasteiger partial charge in [-0.25, -0.2) is 0 Å². The second-order valence-electron chi connectivity index (χ2n) is 2.90. The first-order valence-corrected chi connectivity index (χ1v) is 6.00. The molecule has 0 atom stereocenters. The molecule has 0 fully saturated rings. The van der Waals surface area contributed by atoms with Crippen molar-refractivity contribution in [2.45, 2.75) is 19.9 Å². The quantitative estimate of drug-likeness (QED) is 0.798. The van der Waals surface area contributed by atoms with E-state index in [0.717, 1.165) is 19.5 Å². The Kier molecular flexibility index (Phi) is 4.70. The van der Waals surface area contributed by atoms with Gasteiger partial charge >= 0.3 is 0 Å². The van der Waals surface area contributed by atoms with Crippen molar-refractivity contribution in [1.29, 1.82) is 0 Å². The minimum absolute atomic E-state index is 0.918. The van der Waals surface area contributed by atoms with Crippen molar-refractivity contribution in [2.75, 3.05) is 6.54 Å². The summed E-state index contributed by atoms with van der Waals surface area (Å²) < 4.78 is 1.20. The van der Waals surface area contributed by atoms with E-state index in [9.17, 15) is 0 Å². The maximum atomic E-state index is 3.94. The van der Waals surface area contributed by atoms with Crippen LogP contribution in [-0.2, 0) is 6.54 Å². The predicted octanol–water partition coefficient (Wildman–Crippen LogP) is 3.57. The number of hydrogen-bond donors (Lipinski definition) is 1. The van der Waals surface area contributed by atoms with Gasteiger partial charge in [0.2, 0.25) is 0 Å². The lowest BCUT2D eigenvalue weighted by molar-refractivity contribution is 0.734. The zero-order valence-electron chi connectivity index (χ0n) is 7.77. The van der Waals surface area contributed by atoms with Crippen molar-refractivity contribution in [3.05, 3.63) is 32.9 Å². The molecular weight excluding hydrogens is 246 g/mol. The van der Waals surface area contributed by atoms with Gasteiger partial charge in [-0.2, -0.15) is 0 Å². The minimum atomic E-state index is 0.918. The number of rotatable bonds is 5. The van der Waals surface area contributed by atoms with Crippen LogP contribution in [0, 0.1) is 0 Å². The van der Waals surface area contributed by atoms with Crippen LogP contribution in [0.3, 0.4) is 0 Å². The molecule has 0 aliphatic rings. The van der Waals surface area contributed by atoms with E-state index >= 15 is 0 Å². The highest BCUT2D eigenvalue weighted by molar-refractivity contribution is 9.10. The van der Waals surface area contributed by atoms with Crippen LogP contribution in [0.4, 0.5) is 0 Å². The largest absolute Gasteiger partial charge is 0.308 e. The Labute approximate surface area is 92.0 Å². The zero-order chi connectivity index (χ0) is 9.68.